The second-order valence-electron chi connectivity index (χ2n) is 4.29. The average Bonchev–Trinajstić information content (AvgIpc) is 2.10. The standard InChI is InChI=1S/C10H18N2O3/c1-10(2,3)15-9(14)8(12)5-4-7(13)6-11/h6,8,11H,4-5,12H2,1-3H3/t8-/m0/s1. The summed E-state index contributed by atoms with van der Waals surface area (Å²) < 4.78 is 5.03. The van der Waals surface area contributed by atoms with Crippen molar-refractivity contribution in [3.05, 3.63) is 0 Å². The van der Waals surface area contributed by atoms with Gasteiger partial charge in [0, 0.05) is 6.42 Å². The van der Waals surface area contributed by atoms with Gasteiger partial charge in [0.1, 0.15) is 11.6 Å². The van der Waals surface area contributed by atoms with Gasteiger partial charge in [-0.1, -0.05) is 0 Å². The summed E-state index contributed by atoms with van der Waals surface area (Å²) in [7, 11) is 0. The Labute approximate surface area is 89.5 Å². The zero-order valence-electron chi connectivity index (χ0n) is 9.37. The van der Waals surface area contributed by atoms with Crippen LogP contribution in [0.4, 0.5) is 0 Å². The maximum atomic E-state index is 11.3. The number of nitrogens with one attached hydrogen (secondary N) is 1. The first-order chi connectivity index (χ1) is 6.76. The van der Waals surface area contributed by atoms with E-state index in [9.17, 15) is 9.59 Å². The van der Waals surface area contributed by atoms with E-state index in [1.807, 2.05) is 0 Å². The number of ketones is 1. The molecule has 0 unspecified atom stereocenters. The number of hydrogen-bond acceptors (Lipinski definition) is 5. The molecule has 0 aromatic rings. The average molecular weight is 214 g/mol. The van der Waals surface area contributed by atoms with E-state index in [-0.39, 0.29) is 18.6 Å². The molecule has 0 heterocycles. The fourth-order valence-corrected chi connectivity index (χ4v) is 0.865. The summed E-state index contributed by atoms with van der Waals surface area (Å²) in [5, 5.41) is 6.67. The molecular weight excluding hydrogens is 196 g/mol. The maximum Gasteiger partial charge on any atom is 0.323 e. The highest BCUT2D eigenvalue weighted by molar-refractivity contribution is 6.26. The zero-order chi connectivity index (χ0) is 12.1. The van der Waals surface area contributed by atoms with Gasteiger partial charge in [-0.3, -0.25) is 9.59 Å². The number of hydrogen-bond donors (Lipinski definition) is 2. The molecule has 0 bridgehead atoms. The minimum Gasteiger partial charge on any atom is -0.459 e. The van der Waals surface area contributed by atoms with E-state index in [1.54, 1.807) is 20.8 Å². The minimum absolute atomic E-state index is 0.101. The van der Waals surface area contributed by atoms with Crippen molar-refractivity contribution in [1.29, 1.82) is 5.41 Å². The summed E-state index contributed by atoms with van der Waals surface area (Å²) >= 11 is 0. The highest BCUT2D eigenvalue weighted by atomic mass is 16.6. The molecule has 0 saturated heterocycles. The lowest BCUT2D eigenvalue weighted by atomic mass is 10.1. The summed E-state index contributed by atoms with van der Waals surface area (Å²) in [6.07, 6.45) is 1.04. The molecule has 0 fully saturated rings. The molecule has 0 aliphatic rings. The molecule has 15 heavy (non-hydrogen) atoms. The maximum absolute atomic E-state index is 11.3. The Kier molecular flexibility index (Phi) is 5.14. The molecule has 1 atom stereocenters. The van der Waals surface area contributed by atoms with Gasteiger partial charge in [0.15, 0.2) is 5.78 Å². The Hall–Kier alpha value is -1.23. The quantitative estimate of drug-likeness (QED) is 0.519. The van der Waals surface area contributed by atoms with Crippen molar-refractivity contribution < 1.29 is 14.3 Å². The first-order valence-corrected chi connectivity index (χ1v) is 4.78. The van der Waals surface area contributed by atoms with E-state index < -0.39 is 17.6 Å². The summed E-state index contributed by atoms with van der Waals surface area (Å²) in [6, 6.07) is -0.798. The number of ether oxygens (including phenoxy) is 1. The van der Waals surface area contributed by atoms with E-state index in [4.69, 9.17) is 15.9 Å². The lowest BCUT2D eigenvalue weighted by Gasteiger charge is -2.21. The van der Waals surface area contributed by atoms with Crippen LogP contribution in [0.3, 0.4) is 0 Å². The van der Waals surface area contributed by atoms with Crippen molar-refractivity contribution in [3.8, 4) is 0 Å². The van der Waals surface area contributed by atoms with Crippen molar-refractivity contribution in [2.24, 2.45) is 5.73 Å². The third-order valence-electron chi connectivity index (χ3n) is 1.57. The van der Waals surface area contributed by atoms with Crippen LogP contribution in [0.5, 0.6) is 0 Å². The fourth-order valence-electron chi connectivity index (χ4n) is 0.865. The Morgan fingerprint density at radius 1 is 1.47 bits per heavy atom. The molecule has 86 valence electrons. The Balaban J connectivity index is 4.00. The molecule has 0 aliphatic carbocycles. The normalized spacial score (nSPS) is 13.1. The van der Waals surface area contributed by atoms with Crippen LogP contribution in [0.2, 0.25) is 0 Å². The number of nitrogens with two attached hydrogens (primary N) is 1. The van der Waals surface area contributed by atoms with Gasteiger partial charge in [0.05, 0.1) is 6.21 Å². The predicted octanol–water partition coefficient (Wildman–Crippen LogP) is 0.654. The Bertz CT molecular complexity index is 256. The van der Waals surface area contributed by atoms with Gasteiger partial charge >= 0.3 is 5.97 Å². The molecule has 5 nitrogen and oxygen atoms in total. The Morgan fingerprint density at radius 2 is 2.00 bits per heavy atom. The molecular formula is C10H18N2O3. The van der Waals surface area contributed by atoms with Crippen molar-refractivity contribution in [2.75, 3.05) is 0 Å². The van der Waals surface area contributed by atoms with Crippen LogP contribution in [0, 0.1) is 5.41 Å². The van der Waals surface area contributed by atoms with Crippen LogP contribution in [0.15, 0.2) is 0 Å². The fraction of sp³-hybridized carbons (Fsp3) is 0.700. The molecule has 0 spiro atoms. The molecule has 0 aromatic heterocycles. The predicted molar refractivity (Wildman–Crippen MR) is 56.8 cm³/mol. The van der Waals surface area contributed by atoms with Gasteiger partial charge < -0.3 is 15.9 Å². The van der Waals surface area contributed by atoms with Gasteiger partial charge in [-0.25, -0.2) is 0 Å². The highest BCUT2D eigenvalue weighted by Crippen LogP contribution is 2.09. The van der Waals surface area contributed by atoms with Crippen LogP contribution in [0.1, 0.15) is 33.6 Å². The first-order valence-electron chi connectivity index (χ1n) is 4.78. The number of rotatable bonds is 5. The van der Waals surface area contributed by atoms with Gasteiger partial charge in [-0.15, -0.1) is 0 Å². The molecule has 0 amide bonds. The van der Waals surface area contributed by atoms with Crippen molar-refractivity contribution in [3.63, 3.8) is 0 Å². The first kappa shape index (κ1) is 13.8. The molecule has 5 heteroatoms. The van der Waals surface area contributed by atoms with E-state index in [1.165, 1.54) is 0 Å². The Morgan fingerprint density at radius 3 is 2.40 bits per heavy atom. The van der Waals surface area contributed by atoms with E-state index >= 15 is 0 Å². The molecule has 0 radical (unpaired) electrons. The summed E-state index contributed by atoms with van der Waals surface area (Å²) in [5.41, 5.74) is 4.96. The van der Waals surface area contributed by atoms with Gasteiger partial charge in [-0.05, 0) is 27.2 Å². The van der Waals surface area contributed by atoms with E-state index in [0.29, 0.717) is 0 Å². The van der Waals surface area contributed by atoms with Crippen LogP contribution < -0.4 is 5.73 Å². The summed E-state index contributed by atoms with van der Waals surface area (Å²) in [5.74, 6) is -0.853. The molecule has 3 N–H and O–H groups in total. The zero-order valence-corrected chi connectivity index (χ0v) is 9.37. The monoisotopic (exact) mass is 214 g/mol. The molecule has 0 aliphatic heterocycles. The summed E-state index contributed by atoms with van der Waals surface area (Å²) in [6.45, 7) is 5.25. The third-order valence-corrected chi connectivity index (χ3v) is 1.57. The van der Waals surface area contributed by atoms with Gasteiger partial charge in [0.25, 0.3) is 0 Å². The smallest absolute Gasteiger partial charge is 0.323 e. The second kappa shape index (κ2) is 5.60. The molecule has 0 rings (SSSR count). The number of carbonyl (C=O) groups is 2. The van der Waals surface area contributed by atoms with Gasteiger partial charge in [-0.2, -0.15) is 0 Å². The van der Waals surface area contributed by atoms with Crippen molar-refractivity contribution >= 4 is 18.0 Å². The number of esters is 1. The van der Waals surface area contributed by atoms with E-state index in [2.05, 4.69) is 0 Å². The minimum atomic E-state index is -0.798. The topological polar surface area (TPSA) is 93.2 Å². The third kappa shape index (κ3) is 6.79. The lowest BCUT2D eigenvalue weighted by molar-refractivity contribution is -0.156. The lowest BCUT2D eigenvalue weighted by Crippen LogP contribution is -2.37. The van der Waals surface area contributed by atoms with Crippen LogP contribution in [0.25, 0.3) is 0 Å². The van der Waals surface area contributed by atoms with Crippen LogP contribution in [-0.2, 0) is 14.3 Å². The number of Topliss-reactive ketones (excluding diaryl/α,β-unsaturated/α-hetero) is 1. The van der Waals surface area contributed by atoms with Crippen LogP contribution in [-0.4, -0.2) is 29.6 Å². The largest absolute Gasteiger partial charge is 0.459 e. The van der Waals surface area contributed by atoms with Crippen molar-refractivity contribution in [1.82, 2.24) is 0 Å². The van der Waals surface area contributed by atoms with Gasteiger partial charge in [0.2, 0.25) is 0 Å². The summed E-state index contributed by atoms with van der Waals surface area (Å²) in [4.78, 5) is 22.1. The van der Waals surface area contributed by atoms with E-state index in [0.717, 1.165) is 6.21 Å². The SMILES string of the molecule is CC(C)(C)OC(=O)[C@@H](N)CCC(=O)C=N. The second-order valence-corrected chi connectivity index (χ2v) is 4.29. The van der Waals surface area contributed by atoms with Crippen molar-refractivity contribution in [2.45, 2.75) is 45.3 Å². The highest BCUT2D eigenvalue weighted by Gasteiger charge is 2.22. The molecule has 0 saturated carbocycles. The van der Waals surface area contributed by atoms with Crippen LogP contribution >= 0.6 is 0 Å². The molecule has 0 aromatic carbocycles. The number of carbonyl (C=O) groups excluding carboxylic acids is 2.